The topological polar surface area (TPSA) is 94.2 Å². The van der Waals surface area contributed by atoms with Crippen LogP contribution in [-0.2, 0) is 9.59 Å². The molecule has 1 aromatic carbocycles. The Morgan fingerprint density at radius 2 is 1.96 bits per heavy atom. The van der Waals surface area contributed by atoms with Gasteiger partial charge in [-0.15, -0.1) is 0 Å². The van der Waals surface area contributed by atoms with Crippen molar-refractivity contribution in [2.45, 2.75) is 45.1 Å². The Morgan fingerprint density at radius 1 is 1.16 bits per heavy atom. The van der Waals surface area contributed by atoms with Gasteiger partial charge in [0.2, 0.25) is 0 Å². The van der Waals surface area contributed by atoms with E-state index in [0.717, 1.165) is 48.7 Å². The number of aryl methyl sites for hydroxylation is 1. The van der Waals surface area contributed by atoms with Crippen molar-refractivity contribution in [2.24, 2.45) is 5.92 Å². The summed E-state index contributed by atoms with van der Waals surface area (Å²) < 4.78 is 0. The number of rotatable bonds is 3. The van der Waals surface area contributed by atoms with E-state index in [-0.39, 0.29) is 18.6 Å². The molecule has 2 amide bonds. The van der Waals surface area contributed by atoms with E-state index in [1.165, 1.54) is 0 Å². The number of hydrogen-bond acceptors (Lipinski definition) is 3. The van der Waals surface area contributed by atoms with Crippen molar-refractivity contribution >= 4 is 28.4 Å². The van der Waals surface area contributed by atoms with Gasteiger partial charge in [0, 0.05) is 40.9 Å². The minimum atomic E-state index is -0.674. The third-order valence-electron chi connectivity index (χ3n) is 4.93. The van der Waals surface area contributed by atoms with Crippen LogP contribution >= 0.6 is 0 Å². The Hall–Kier alpha value is -2.34. The normalized spacial score (nSPS) is 20.9. The van der Waals surface area contributed by atoms with Crippen molar-refractivity contribution in [3.8, 4) is 0 Å². The predicted octanol–water partition coefficient (Wildman–Crippen LogP) is 2.47. The highest BCUT2D eigenvalue weighted by Crippen LogP contribution is 2.23. The molecule has 0 spiro atoms. The molecule has 1 aliphatic rings. The van der Waals surface area contributed by atoms with Crippen LogP contribution in [-0.4, -0.2) is 34.6 Å². The number of aliphatic hydroxyl groups is 1. The van der Waals surface area contributed by atoms with Crippen LogP contribution in [0.1, 0.15) is 37.8 Å². The minimum Gasteiger partial charge on any atom is -0.396 e. The molecule has 1 fully saturated rings. The van der Waals surface area contributed by atoms with Crippen LogP contribution < -0.4 is 10.6 Å². The molecule has 6 nitrogen and oxygen atoms in total. The lowest BCUT2D eigenvalue weighted by atomic mass is 9.95. The number of H-pyrrole nitrogens is 1. The fraction of sp³-hybridized carbons (Fsp3) is 0.474. The van der Waals surface area contributed by atoms with Gasteiger partial charge in [0.05, 0.1) is 0 Å². The number of anilines is 1. The molecule has 2 unspecified atom stereocenters. The van der Waals surface area contributed by atoms with Crippen molar-refractivity contribution in [2.75, 3.05) is 11.9 Å². The third-order valence-corrected chi connectivity index (χ3v) is 4.93. The molecule has 4 N–H and O–H groups in total. The second-order valence-electron chi connectivity index (χ2n) is 6.87. The van der Waals surface area contributed by atoms with E-state index in [0.29, 0.717) is 5.69 Å². The summed E-state index contributed by atoms with van der Waals surface area (Å²) in [5.41, 5.74) is 2.62. The summed E-state index contributed by atoms with van der Waals surface area (Å²) in [6.07, 6.45) is 4.85. The Morgan fingerprint density at radius 3 is 2.76 bits per heavy atom. The Kier molecular flexibility index (Phi) is 5.38. The van der Waals surface area contributed by atoms with Crippen LogP contribution in [0.4, 0.5) is 5.69 Å². The van der Waals surface area contributed by atoms with Crippen molar-refractivity contribution in [3.63, 3.8) is 0 Å². The molecular formula is C19H25N3O3. The maximum atomic E-state index is 12.2. The van der Waals surface area contributed by atoms with E-state index in [9.17, 15) is 14.7 Å². The number of aromatic amines is 1. The highest BCUT2D eigenvalue weighted by Gasteiger charge is 2.26. The summed E-state index contributed by atoms with van der Waals surface area (Å²) in [6, 6.07) is 7.34. The lowest BCUT2D eigenvalue weighted by Crippen LogP contribution is -2.45. The van der Waals surface area contributed by atoms with Gasteiger partial charge in [-0.3, -0.25) is 9.59 Å². The van der Waals surface area contributed by atoms with Gasteiger partial charge in [0.1, 0.15) is 0 Å². The van der Waals surface area contributed by atoms with Crippen molar-refractivity contribution in [3.05, 3.63) is 30.0 Å². The number of aliphatic hydroxyl groups excluding tert-OH is 1. The number of carbonyl (C=O) groups excluding carboxylic acids is 2. The standard InChI is InChI=1S/C19H25N3O3/c1-12-9-14-10-15(7-8-17(14)20-12)21-18(24)19(25)22-16-6-4-2-3-5-13(16)11-23/h7-10,13,16,20,23H,2-6,11H2,1H3,(H,21,24)(H,22,25). The van der Waals surface area contributed by atoms with Crippen LogP contribution in [0.5, 0.6) is 0 Å². The van der Waals surface area contributed by atoms with Crippen LogP contribution in [0, 0.1) is 12.8 Å². The van der Waals surface area contributed by atoms with Crippen molar-refractivity contribution in [1.82, 2.24) is 10.3 Å². The first-order valence-corrected chi connectivity index (χ1v) is 8.89. The molecule has 1 heterocycles. The maximum Gasteiger partial charge on any atom is 0.313 e. The van der Waals surface area contributed by atoms with Gasteiger partial charge in [0.15, 0.2) is 0 Å². The minimum absolute atomic E-state index is 0.0263. The van der Waals surface area contributed by atoms with E-state index in [1.807, 2.05) is 25.1 Å². The summed E-state index contributed by atoms with van der Waals surface area (Å²) in [4.78, 5) is 27.7. The van der Waals surface area contributed by atoms with Gasteiger partial charge in [0.25, 0.3) is 0 Å². The monoisotopic (exact) mass is 343 g/mol. The van der Waals surface area contributed by atoms with E-state index in [4.69, 9.17) is 0 Å². The number of aromatic nitrogens is 1. The van der Waals surface area contributed by atoms with E-state index in [1.54, 1.807) is 6.07 Å². The van der Waals surface area contributed by atoms with Crippen molar-refractivity contribution in [1.29, 1.82) is 0 Å². The zero-order valence-corrected chi connectivity index (χ0v) is 14.5. The van der Waals surface area contributed by atoms with Crippen LogP contribution in [0.2, 0.25) is 0 Å². The first kappa shape index (κ1) is 17.5. The van der Waals surface area contributed by atoms with E-state index >= 15 is 0 Å². The fourth-order valence-corrected chi connectivity index (χ4v) is 3.57. The summed E-state index contributed by atoms with van der Waals surface area (Å²) in [5, 5.41) is 16.0. The fourth-order valence-electron chi connectivity index (χ4n) is 3.57. The lowest BCUT2D eigenvalue weighted by Gasteiger charge is -2.24. The summed E-state index contributed by atoms with van der Waals surface area (Å²) in [6.45, 7) is 2.01. The van der Waals surface area contributed by atoms with Gasteiger partial charge in [-0.1, -0.05) is 19.3 Å². The molecule has 6 heteroatoms. The summed E-state index contributed by atoms with van der Waals surface area (Å²) in [7, 11) is 0. The summed E-state index contributed by atoms with van der Waals surface area (Å²) >= 11 is 0. The molecule has 1 aromatic heterocycles. The van der Waals surface area contributed by atoms with Gasteiger partial charge in [-0.25, -0.2) is 0 Å². The molecule has 2 aromatic rings. The third kappa shape index (κ3) is 4.20. The lowest BCUT2D eigenvalue weighted by molar-refractivity contribution is -0.137. The van der Waals surface area contributed by atoms with Crippen LogP contribution in [0.15, 0.2) is 24.3 Å². The zero-order valence-electron chi connectivity index (χ0n) is 14.5. The number of nitrogens with one attached hydrogen (secondary N) is 3. The molecule has 1 aliphatic carbocycles. The highest BCUT2D eigenvalue weighted by molar-refractivity contribution is 6.39. The molecule has 2 atom stereocenters. The number of benzene rings is 1. The van der Waals surface area contributed by atoms with Gasteiger partial charge in [-0.05, 0) is 44.0 Å². The Labute approximate surface area is 147 Å². The summed E-state index contributed by atoms with van der Waals surface area (Å²) in [5.74, 6) is -1.29. The van der Waals surface area contributed by atoms with Crippen molar-refractivity contribution < 1.29 is 14.7 Å². The quantitative estimate of drug-likeness (QED) is 0.509. The van der Waals surface area contributed by atoms with Gasteiger partial charge in [-0.2, -0.15) is 0 Å². The predicted molar refractivity (Wildman–Crippen MR) is 97.3 cm³/mol. The first-order valence-electron chi connectivity index (χ1n) is 8.89. The number of hydrogen-bond donors (Lipinski definition) is 4. The number of fused-ring (bicyclic) bond motifs is 1. The van der Waals surface area contributed by atoms with Gasteiger partial charge < -0.3 is 20.7 Å². The van der Waals surface area contributed by atoms with Gasteiger partial charge >= 0.3 is 11.8 Å². The van der Waals surface area contributed by atoms with Crippen LogP contribution in [0.25, 0.3) is 10.9 Å². The zero-order chi connectivity index (χ0) is 17.8. The molecular weight excluding hydrogens is 318 g/mol. The van der Waals surface area contributed by atoms with E-state index < -0.39 is 11.8 Å². The molecule has 0 aliphatic heterocycles. The Bertz CT molecular complexity index is 768. The molecule has 0 bridgehead atoms. The average Bonchev–Trinajstić information content (AvgIpc) is 2.81. The first-order chi connectivity index (χ1) is 12.1. The largest absolute Gasteiger partial charge is 0.396 e. The van der Waals surface area contributed by atoms with E-state index in [2.05, 4.69) is 15.6 Å². The average molecular weight is 343 g/mol. The molecule has 0 radical (unpaired) electrons. The molecule has 25 heavy (non-hydrogen) atoms. The molecule has 3 rings (SSSR count). The second kappa shape index (κ2) is 7.70. The maximum absolute atomic E-state index is 12.2. The Balaban J connectivity index is 1.63. The SMILES string of the molecule is Cc1cc2cc(NC(=O)C(=O)NC3CCCCCC3CO)ccc2[nH]1. The number of carbonyl (C=O) groups is 2. The number of amides is 2. The van der Waals surface area contributed by atoms with Crippen LogP contribution in [0.3, 0.4) is 0 Å². The smallest absolute Gasteiger partial charge is 0.313 e. The molecule has 134 valence electrons. The highest BCUT2D eigenvalue weighted by atomic mass is 16.3. The molecule has 1 saturated carbocycles. The molecule has 0 saturated heterocycles. The second-order valence-corrected chi connectivity index (χ2v) is 6.87.